The predicted molar refractivity (Wildman–Crippen MR) is 88.2 cm³/mol. The molecule has 0 aromatic heterocycles. The van der Waals surface area contributed by atoms with Crippen molar-refractivity contribution in [3.05, 3.63) is 35.4 Å². The van der Waals surface area contributed by atoms with Gasteiger partial charge in [0.05, 0.1) is 0 Å². The third kappa shape index (κ3) is 3.05. The van der Waals surface area contributed by atoms with Gasteiger partial charge in [-0.3, -0.25) is 0 Å². The van der Waals surface area contributed by atoms with Crippen LogP contribution >= 0.6 is 11.8 Å². The third-order valence-corrected chi connectivity index (χ3v) is 6.39. The minimum atomic E-state index is 0.495. The molecule has 0 bridgehead atoms. The number of hydrogen-bond acceptors (Lipinski definition) is 3. The van der Waals surface area contributed by atoms with Crippen LogP contribution in [0.1, 0.15) is 49.3 Å². The summed E-state index contributed by atoms with van der Waals surface area (Å²) in [6.07, 6.45) is 9.06. The molecule has 2 N–H and O–H groups in total. The zero-order valence-electron chi connectivity index (χ0n) is 12.5. The first-order valence-electron chi connectivity index (χ1n) is 7.90. The Morgan fingerprint density at radius 2 is 2.10 bits per heavy atom. The largest absolute Gasteiger partial charge is 0.313 e. The van der Waals surface area contributed by atoms with Crippen molar-refractivity contribution >= 4 is 11.8 Å². The Morgan fingerprint density at radius 3 is 2.90 bits per heavy atom. The summed E-state index contributed by atoms with van der Waals surface area (Å²) in [5.74, 6) is 0. The van der Waals surface area contributed by atoms with Crippen LogP contribution < -0.4 is 10.6 Å². The second-order valence-corrected chi connectivity index (χ2v) is 7.47. The Morgan fingerprint density at radius 1 is 1.30 bits per heavy atom. The lowest BCUT2D eigenvalue weighted by molar-refractivity contribution is 0.447. The van der Waals surface area contributed by atoms with E-state index < -0.39 is 0 Å². The Labute approximate surface area is 127 Å². The summed E-state index contributed by atoms with van der Waals surface area (Å²) in [6, 6.07) is 9.43. The standard InChI is InChI=1S/C17H26N2S/c1-20-17(9-4-5-10-17)13-19-16-8-11-18-12-14-6-2-3-7-15(14)16/h2-3,6-7,16,18-19H,4-5,8-13H2,1H3. The van der Waals surface area contributed by atoms with Crippen LogP contribution in [0.4, 0.5) is 0 Å². The van der Waals surface area contributed by atoms with E-state index in [1.165, 1.54) is 43.2 Å². The highest BCUT2D eigenvalue weighted by Gasteiger charge is 2.33. The summed E-state index contributed by atoms with van der Waals surface area (Å²) >= 11 is 2.08. The van der Waals surface area contributed by atoms with Gasteiger partial charge in [0.1, 0.15) is 0 Å². The first kappa shape index (κ1) is 14.4. The van der Waals surface area contributed by atoms with Gasteiger partial charge in [0, 0.05) is 23.9 Å². The molecule has 3 heteroatoms. The number of rotatable bonds is 4. The lowest BCUT2D eigenvalue weighted by atomic mass is 9.98. The molecule has 0 amide bonds. The van der Waals surface area contributed by atoms with E-state index in [1.54, 1.807) is 0 Å². The molecule has 2 aliphatic rings. The van der Waals surface area contributed by atoms with Gasteiger partial charge in [0.15, 0.2) is 0 Å². The predicted octanol–water partition coefficient (Wildman–Crippen LogP) is 3.49. The van der Waals surface area contributed by atoms with Crippen LogP contribution in [0.15, 0.2) is 24.3 Å². The molecule has 0 spiro atoms. The Bertz CT molecular complexity index is 440. The zero-order valence-corrected chi connectivity index (χ0v) is 13.3. The summed E-state index contributed by atoms with van der Waals surface area (Å²) in [5, 5.41) is 7.43. The first-order chi connectivity index (χ1) is 9.83. The molecule has 1 aromatic rings. The van der Waals surface area contributed by atoms with E-state index in [4.69, 9.17) is 0 Å². The van der Waals surface area contributed by atoms with Gasteiger partial charge < -0.3 is 10.6 Å². The molecule has 0 radical (unpaired) electrons. The summed E-state index contributed by atoms with van der Waals surface area (Å²) < 4.78 is 0.495. The van der Waals surface area contributed by atoms with Crippen LogP contribution in [0.25, 0.3) is 0 Å². The summed E-state index contributed by atoms with van der Waals surface area (Å²) in [4.78, 5) is 0. The summed E-state index contributed by atoms with van der Waals surface area (Å²) in [6.45, 7) is 3.29. The fourth-order valence-electron chi connectivity index (χ4n) is 3.65. The van der Waals surface area contributed by atoms with Crippen molar-refractivity contribution in [2.75, 3.05) is 19.3 Å². The first-order valence-corrected chi connectivity index (χ1v) is 9.12. The van der Waals surface area contributed by atoms with Crippen molar-refractivity contribution in [3.8, 4) is 0 Å². The maximum Gasteiger partial charge on any atom is 0.0336 e. The second kappa shape index (κ2) is 6.50. The summed E-state index contributed by atoms with van der Waals surface area (Å²) in [7, 11) is 0. The van der Waals surface area contributed by atoms with Crippen molar-refractivity contribution in [1.29, 1.82) is 0 Å². The van der Waals surface area contributed by atoms with E-state index in [1.807, 2.05) is 0 Å². The van der Waals surface area contributed by atoms with Gasteiger partial charge in [0.25, 0.3) is 0 Å². The van der Waals surface area contributed by atoms with Crippen molar-refractivity contribution < 1.29 is 0 Å². The lowest BCUT2D eigenvalue weighted by Crippen LogP contribution is -2.37. The van der Waals surface area contributed by atoms with Crippen LogP contribution in [-0.2, 0) is 6.54 Å². The maximum atomic E-state index is 3.89. The van der Waals surface area contributed by atoms with E-state index in [2.05, 4.69) is 52.9 Å². The molecule has 2 nitrogen and oxygen atoms in total. The van der Waals surface area contributed by atoms with Crippen LogP contribution in [0.5, 0.6) is 0 Å². The number of nitrogens with one attached hydrogen (secondary N) is 2. The molecule has 0 saturated heterocycles. The third-order valence-electron chi connectivity index (χ3n) is 4.97. The monoisotopic (exact) mass is 290 g/mol. The molecule has 1 unspecified atom stereocenters. The number of thioether (sulfide) groups is 1. The quantitative estimate of drug-likeness (QED) is 0.887. The van der Waals surface area contributed by atoms with Gasteiger partial charge in [-0.15, -0.1) is 0 Å². The Kier molecular flexibility index (Phi) is 4.69. The van der Waals surface area contributed by atoms with E-state index in [0.717, 1.165) is 19.6 Å². The molecular weight excluding hydrogens is 264 g/mol. The molecular formula is C17H26N2S. The second-order valence-electron chi connectivity index (χ2n) is 6.19. The topological polar surface area (TPSA) is 24.1 Å². The van der Waals surface area contributed by atoms with Gasteiger partial charge in [-0.1, -0.05) is 37.1 Å². The molecule has 3 rings (SSSR count). The molecule has 1 aliphatic carbocycles. The normalized spacial score (nSPS) is 25.1. The van der Waals surface area contributed by atoms with Crippen LogP contribution in [0, 0.1) is 0 Å². The van der Waals surface area contributed by atoms with Crippen LogP contribution in [-0.4, -0.2) is 24.1 Å². The minimum absolute atomic E-state index is 0.495. The van der Waals surface area contributed by atoms with Crippen LogP contribution in [0.3, 0.4) is 0 Å². The molecule has 110 valence electrons. The molecule has 1 saturated carbocycles. The van der Waals surface area contributed by atoms with Gasteiger partial charge in [-0.25, -0.2) is 0 Å². The Balaban J connectivity index is 1.70. The van der Waals surface area contributed by atoms with E-state index in [9.17, 15) is 0 Å². The fourth-order valence-corrected chi connectivity index (χ4v) is 4.58. The average Bonchev–Trinajstić information content (AvgIpc) is 2.87. The molecule has 1 atom stereocenters. The number of fused-ring (bicyclic) bond motifs is 1. The SMILES string of the molecule is CSC1(CNC2CCNCc3ccccc32)CCCC1. The Hall–Kier alpha value is -0.510. The lowest BCUT2D eigenvalue weighted by Gasteiger charge is -2.30. The van der Waals surface area contributed by atoms with Crippen LogP contribution in [0.2, 0.25) is 0 Å². The van der Waals surface area contributed by atoms with Crippen molar-refractivity contribution in [2.45, 2.75) is 49.4 Å². The minimum Gasteiger partial charge on any atom is -0.313 e. The van der Waals surface area contributed by atoms with Crippen molar-refractivity contribution in [2.24, 2.45) is 0 Å². The summed E-state index contributed by atoms with van der Waals surface area (Å²) in [5.41, 5.74) is 2.97. The zero-order chi connectivity index (χ0) is 13.8. The van der Waals surface area contributed by atoms with E-state index in [-0.39, 0.29) is 0 Å². The average molecular weight is 290 g/mol. The van der Waals surface area contributed by atoms with Gasteiger partial charge in [0.2, 0.25) is 0 Å². The maximum absolute atomic E-state index is 3.89. The van der Waals surface area contributed by atoms with E-state index in [0.29, 0.717) is 10.8 Å². The van der Waals surface area contributed by atoms with Gasteiger partial charge in [-0.2, -0.15) is 11.8 Å². The number of benzene rings is 1. The highest BCUT2D eigenvalue weighted by atomic mass is 32.2. The van der Waals surface area contributed by atoms with Gasteiger partial charge in [-0.05, 0) is 43.2 Å². The van der Waals surface area contributed by atoms with Gasteiger partial charge >= 0.3 is 0 Å². The van der Waals surface area contributed by atoms with E-state index >= 15 is 0 Å². The molecule has 20 heavy (non-hydrogen) atoms. The number of hydrogen-bond donors (Lipinski definition) is 2. The highest BCUT2D eigenvalue weighted by molar-refractivity contribution is 8.00. The molecule has 1 aromatic carbocycles. The van der Waals surface area contributed by atoms with Crippen molar-refractivity contribution in [1.82, 2.24) is 10.6 Å². The smallest absolute Gasteiger partial charge is 0.0336 e. The molecule has 1 aliphatic heterocycles. The highest BCUT2D eigenvalue weighted by Crippen LogP contribution is 2.40. The fraction of sp³-hybridized carbons (Fsp3) is 0.647. The molecule has 1 fully saturated rings. The molecule has 1 heterocycles. The van der Waals surface area contributed by atoms with Crippen molar-refractivity contribution in [3.63, 3.8) is 0 Å².